The van der Waals surface area contributed by atoms with Crippen molar-refractivity contribution in [2.24, 2.45) is 0 Å². The molecule has 0 aliphatic heterocycles. The maximum atomic E-state index is 12.0. The Balaban J connectivity index is 2.81. The Kier molecular flexibility index (Phi) is 7.21. The molecule has 0 fully saturated rings. The van der Waals surface area contributed by atoms with Gasteiger partial charge in [-0.25, -0.2) is 9.59 Å². The summed E-state index contributed by atoms with van der Waals surface area (Å²) < 4.78 is 4.73. The molecule has 0 unspecified atom stereocenters. The maximum absolute atomic E-state index is 12.0. The van der Waals surface area contributed by atoms with Gasteiger partial charge in [-0.05, 0) is 12.5 Å². The largest absolute Gasteiger partial charge is 0.480 e. The average Bonchev–Trinajstić information content (AvgIpc) is 2.52. The minimum absolute atomic E-state index is 0.00148. The maximum Gasteiger partial charge on any atom is 0.451 e. The zero-order valence-electron chi connectivity index (χ0n) is 13.4. The highest BCUT2D eigenvalue weighted by atomic mass is 16.8. The van der Waals surface area contributed by atoms with E-state index >= 15 is 0 Å². The van der Waals surface area contributed by atoms with Crippen molar-refractivity contribution in [1.82, 2.24) is 9.96 Å². The second-order valence-electron chi connectivity index (χ2n) is 4.69. The highest BCUT2D eigenvalue weighted by molar-refractivity contribution is 5.93. The normalized spacial score (nSPS) is 9.75. The van der Waals surface area contributed by atoms with Gasteiger partial charge in [0.15, 0.2) is 0 Å². The van der Waals surface area contributed by atoms with Gasteiger partial charge in [0.05, 0.1) is 13.0 Å². The van der Waals surface area contributed by atoms with Gasteiger partial charge in [0, 0.05) is 7.05 Å². The highest BCUT2D eigenvalue weighted by Crippen LogP contribution is 2.06. The number of nitrogens with zero attached hydrogens (tertiary/aromatic N) is 2. The van der Waals surface area contributed by atoms with Crippen LogP contribution in [0.2, 0.25) is 0 Å². The number of likely N-dealkylation sites (N-methyl/N-ethyl adjacent to an activating group) is 1. The standard InChI is InChI=1S/C15H19N3O6/c1-3-23-15(22)18(14(16)17(2)10-12(19)20)24-13(21)9-11-7-5-4-6-8-11/h4-8,16H,3,9-10H2,1-2H3,(H,19,20). The van der Waals surface area contributed by atoms with Crippen molar-refractivity contribution in [2.45, 2.75) is 13.3 Å². The molecular weight excluding hydrogens is 318 g/mol. The lowest BCUT2D eigenvalue weighted by atomic mass is 10.2. The molecule has 1 aromatic rings. The highest BCUT2D eigenvalue weighted by Gasteiger charge is 2.28. The lowest BCUT2D eigenvalue weighted by molar-refractivity contribution is -0.168. The number of hydrogen-bond donors (Lipinski definition) is 2. The van der Waals surface area contributed by atoms with Crippen molar-refractivity contribution < 1.29 is 29.1 Å². The van der Waals surface area contributed by atoms with Crippen LogP contribution >= 0.6 is 0 Å². The number of guanidine groups is 1. The number of benzene rings is 1. The number of hydroxylamine groups is 2. The van der Waals surface area contributed by atoms with Crippen molar-refractivity contribution in [2.75, 3.05) is 20.2 Å². The summed E-state index contributed by atoms with van der Waals surface area (Å²) in [6.45, 7) is 0.999. The average molecular weight is 337 g/mol. The molecule has 1 amide bonds. The van der Waals surface area contributed by atoms with Gasteiger partial charge in [-0.1, -0.05) is 35.4 Å². The van der Waals surface area contributed by atoms with E-state index in [2.05, 4.69) is 0 Å². The lowest BCUT2D eigenvalue weighted by Gasteiger charge is -2.25. The van der Waals surface area contributed by atoms with Gasteiger partial charge < -0.3 is 19.6 Å². The van der Waals surface area contributed by atoms with Gasteiger partial charge in [0.2, 0.25) is 5.96 Å². The molecule has 9 nitrogen and oxygen atoms in total. The third-order valence-electron chi connectivity index (χ3n) is 2.74. The molecule has 1 rings (SSSR count). The Morgan fingerprint density at radius 3 is 2.38 bits per heavy atom. The molecule has 24 heavy (non-hydrogen) atoms. The Labute approximate surface area is 138 Å². The van der Waals surface area contributed by atoms with Crippen LogP contribution in [-0.2, 0) is 25.6 Å². The number of carboxylic acids is 1. The van der Waals surface area contributed by atoms with Crippen molar-refractivity contribution in [3.8, 4) is 0 Å². The minimum atomic E-state index is -1.21. The molecule has 1 aromatic carbocycles. The Morgan fingerprint density at radius 2 is 1.83 bits per heavy atom. The van der Waals surface area contributed by atoms with E-state index < -0.39 is 30.5 Å². The Hall–Kier alpha value is -3.10. The van der Waals surface area contributed by atoms with E-state index in [0.717, 1.165) is 4.90 Å². The molecule has 0 atom stereocenters. The number of rotatable bonds is 5. The first-order valence-electron chi connectivity index (χ1n) is 7.08. The predicted molar refractivity (Wildman–Crippen MR) is 83.1 cm³/mol. The van der Waals surface area contributed by atoms with Crippen molar-refractivity contribution >= 4 is 24.0 Å². The molecule has 130 valence electrons. The van der Waals surface area contributed by atoms with E-state index in [-0.39, 0.29) is 13.0 Å². The van der Waals surface area contributed by atoms with E-state index in [1.54, 1.807) is 37.3 Å². The van der Waals surface area contributed by atoms with Gasteiger partial charge in [-0.3, -0.25) is 10.2 Å². The Bertz CT molecular complexity index is 604. The SMILES string of the molecule is CCOC(=O)N(OC(=O)Cc1ccccc1)C(=N)N(C)CC(=O)O. The van der Waals surface area contributed by atoms with E-state index in [1.807, 2.05) is 0 Å². The first-order chi connectivity index (χ1) is 11.3. The number of ether oxygens (including phenoxy) is 1. The van der Waals surface area contributed by atoms with Crippen LogP contribution in [0.15, 0.2) is 30.3 Å². The summed E-state index contributed by atoms with van der Waals surface area (Å²) in [6, 6.07) is 8.69. The molecule has 0 radical (unpaired) electrons. The van der Waals surface area contributed by atoms with Crippen LogP contribution in [0.1, 0.15) is 12.5 Å². The van der Waals surface area contributed by atoms with Gasteiger partial charge >= 0.3 is 18.0 Å². The first-order valence-corrected chi connectivity index (χ1v) is 7.08. The van der Waals surface area contributed by atoms with Gasteiger partial charge in [0.1, 0.15) is 6.54 Å². The molecule has 9 heteroatoms. The summed E-state index contributed by atoms with van der Waals surface area (Å²) in [4.78, 5) is 40.4. The molecular formula is C15H19N3O6. The first kappa shape index (κ1) is 18.9. The van der Waals surface area contributed by atoms with Crippen molar-refractivity contribution in [1.29, 1.82) is 5.41 Å². The van der Waals surface area contributed by atoms with Gasteiger partial charge in [0.25, 0.3) is 0 Å². The third-order valence-corrected chi connectivity index (χ3v) is 2.74. The molecule has 0 aromatic heterocycles. The summed E-state index contributed by atoms with van der Waals surface area (Å²) in [5.74, 6) is -2.62. The predicted octanol–water partition coefficient (Wildman–Crippen LogP) is 1.10. The third kappa shape index (κ3) is 5.95. The van der Waals surface area contributed by atoms with Crippen LogP contribution in [0.5, 0.6) is 0 Å². The summed E-state index contributed by atoms with van der Waals surface area (Å²) in [7, 11) is 1.27. The monoisotopic (exact) mass is 337 g/mol. The zero-order valence-corrected chi connectivity index (χ0v) is 13.4. The molecule has 0 saturated heterocycles. The molecule has 0 saturated carbocycles. The molecule has 0 aliphatic carbocycles. The van der Waals surface area contributed by atoms with Gasteiger partial charge in [-0.2, -0.15) is 0 Å². The van der Waals surface area contributed by atoms with E-state index in [9.17, 15) is 14.4 Å². The fourth-order valence-corrected chi connectivity index (χ4v) is 1.68. The molecule has 0 heterocycles. The van der Waals surface area contributed by atoms with Crippen LogP contribution in [0.4, 0.5) is 4.79 Å². The lowest BCUT2D eigenvalue weighted by Crippen LogP contribution is -2.48. The second-order valence-corrected chi connectivity index (χ2v) is 4.69. The van der Waals surface area contributed by atoms with E-state index in [0.29, 0.717) is 10.6 Å². The molecule has 0 bridgehead atoms. The van der Waals surface area contributed by atoms with Crippen LogP contribution in [0.3, 0.4) is 0 Å². The topological polar surface area (TPSA) is 120 Å². The molecule has 0 aliphatic rings. The zero-order chi connectivity index (χ0) is 18.1. The fraction of sp³-hybridized carbons (Fsp3) is 0.333. The Morgan fingerprint density at radius 1 is 1.21 bits per heavy atom. The summed E-state index contributed by atoms with van der Waals surface area (Å²) in [6.07, 6.45) is -1.20. The summed E-state index contributed by atoms with van der Waals surface area (Å²) in [5, 5.41) is 16.9. The quantitative estimate of drug-likeness (QED) is 0.469. The molecule has 0 spiro atoms. The summed E-state index contributed by atoms with van der Waals surface area (Å²) in [5.41, 5.74) is 0.664. The van der Waals surface area contributed by atoms with Crippen LogP contribution in [0.25, 0.3) is 0 Å². The van der Waals surface area contributed by atoms with Crippen molar-refractivity contribution in [3.63, 3.8) is 0 Å². The van der Waals surface area contributed by atoms with Gasteiger partial charge in [-0.15, -0.1) is 0 Å². The molecule has 2 N–H and O–H groups in total. The van der Waals surface area contributed by atoms with Crippen molar-refractivity contribution in [3.05, 3.63) is 35.9 Å². The van der Waals surface area contributed by atoms with E-state index in [1.165, 1.54) is 7.05 Å². The van der Waals surface area contributed by atoms with Crippen LogP contribution < -0.4 is 0 Å². The number of nitrogens with one attached hydrogen (secondary N) is 1. The van der Waals surface area contributed by atoms with Crippen LogP contribution in [-0.4, -0.2) is 59.3 Å². The summed E-state index contributed by atoms with van der Waals surface area (Å²) >= 11 is 0. The van der Waals surface area contributed by atoms with Crippen LogP contribution in [0, 0.1) is 5.41 Å². The number of aliphatic carboxylic acids is 1. The number of amides is 1. The number of hydrogen-bond acceptors (Lipinski definition) is 6. The van der Waals surface area contributed by atoms with E-state index in [4.69, 9.17) is 20.1 Å². The number of carbonyl (C=O) groups excluding carboxylic acids is 2. The number of carbonyl (C=O) groups is 3. The smallest absolute Gasteiger partial charge is 0.451 e. The fourth-order valence-electron chi connectivity index (χ4n) is 1.68. The second kappa shape index (κ2) is 9.13. The minimum Gasteiger partial charge on any atom is -0.480 e. The number of carboxylic acid groups (broad SMARTS) is 1.